The molecule has 20 heavy (non-hydrogen) atoms. The minimum atomic E-state index is -0.441. The molecular formula is C15H23FN2O2. The monoisotopic (exact) mass is 282 g/mol. The molecule has 0 aliphatic carbocycles. The number of rotatable bonds is 9. The number of hydrogen-bond acceptors (Lipinski definition) is 3. The number of carbonyl (C=O) groups excluding carboxylic acids is 1. The Hall–Kier alpha value is -1.62. The molecule has 1 rings (SSSR count). The van der Waals surface area contributed by atoms with Crippen molar-refractivity contribution in [2.24, 2.45) is 0 Å². The summed E-state index contributed by atoms with van der Waals surface area (Å²) in [6.07, 6.45) is 1.90. The van der Waals surface area contributed by atoms with Crippen molar-refractivity contribution < 1.29 is 13.9 Å². The molecule has 0 aromatic heterocycles. The highest BCUT2D eigenvalue weighted by molar-refractivity contribution is 5.77. The van der Waals surface area contributed by atoms with E-state index in [-0.39, 0.29) is 18.3 Å². The smallest absolute Gasteiger partial charge is 0.257 e. The van der Waals surface area contributed by atoms with Gasteiger partial charge in [-0.05, 0) is 37.1 Å². The molecule has 1 aromatic rings. The largest absolute Gasteiger partial charge is 0.481 e. The van der Waals surface area contributed by atoms with Crippen LogP contribution < -0.4 is 15.4 Å². The summed E-state index contributed by atoms with van der Waals surface area (Å²) in [6, 6.07) is 4.79. The molecule has 0 fully saturated rings. The Bertz CT molecular complexity index is 424. The van der Waals surface area contributed by atoms with Crippen molar-refractivity contribution in [3.05, 3.63) is 29.6 Å². The Morgan fingerprint density at radius 3 is 2.65 bits per heavy atom. The summed E-state index contributed by atoms with van der Waals surface area (Å²) in [6.45, 7) is 6.01. The highest BCUT2D eigenvalue weighted by Gasteiger charge is 2.07. The summed E-state index contributed by atoms with van der Waals surface area (Å²) in [5, 5.41) is 5.87. The third kappa shape index (κ3) is 6.02. The molecule has 5 heteroatoms. The van der Waals surface area contributed by atoms with Gasteiger partial charge in [-0.25, -0.2) is 4.39 Å². The van der Waals surface area contributed by atoms with Gasteiger partial charge in [0.05, 0.1) is 0 Å². The van der Waals surface area contributed by atoms with Crippen LogP contribution in [0.2, 0.25) is 0 Å². The lowest BCUT2D eigenvalue weighted by molar-refractivity contribution is -0.123. The van der Waals surface area contributed by atoms with Crippen molar-refractivity contribution in [2.45, 2.75) is 33.2 Å². The van der Waals surface area contributed by atoms with Crippen LogP contribution in [-0.2, 0) is 11.3 Å². The maximum Gasteiger partial charge on any atom is 0.257 e. The molecule has 4 nitrogen and oxygen atoms in total. The van der Waals surface area contributed by atoms with Crippen molar-refractivity contribution in [3.8, 4) is 5.75 Å². The van der Waals surface area contributed by atoms with Gasteiger partial charge in [0.2, 0.25) is 0 Å². The van der Waals surface area contributed by atoms with E-state index < -0.39 is 5.82 Å². The molecule has 0 radical (unpaired) electrons. The Morgan fingerprint density at radius 2 is 2.00 bits per heavy atom. The Labute approximate surface area is 119 Å². The summed E-state index contributed by atoms with van der Waals surface area (Å²) in [7, 11) is 0. The van der Waals surface area contributed by atoms with Crippen LogP contribution >= 0.6 is 0 Å². The zero-order valence-corrected chi connectivity index (χ0v) is 12.2. The maximum atomic E-state index is 13.8. The highest BCUT2D eigenvalue weighted by Crippen LogP contribution is 2.18. The second-order valence-electron chi connectivity index (χ2n) is 4.58. The summed E-state index contributed by atoms with van der Waals surface area (Å²) in [5.74, 6) is -0.570. The molecular weight excluding hydrogens is 259 g/mol. The summed E-state index contributed by atoms with van der Waals surface area (Å²) < 4.78 is 18.9. The number of benzene rings is 1. The van der Waals surface area contributed by atoms with E-state index in [2.05, 4.69) is 17.6 Å². The van der Waals surface area contributed by atoms with Gasteiger partial charge in [0, 0.05) is 13.1 Å². The van der Waals surface area contributed by atoms with Gasteiger partial charge in [0.15, 0.2) is 18.2 Å². The number of carbonyl (C=O) groups is 1. The number of hydrogen-bond donors (Lipinski definition) is 2. The molecule has 0 heterocycles. The molecule has 1 amide bonds. The SMILES string of the molecule is CCCNCc1ccc(OCC(=O)NCCC)c(F)c1. The fraction of sp³-hybridized carbons (Fsp3) is 0.533. The first-order chi connectivity index (χ1) is 9.67. The average molecular weight is 282 g/mol. The van der Waals surface area contributed by atoms with Crippen LogP contribution in [0.15, 0.2) is 18.2 Å². The molecule has 112 valence electrons. The van der Waals surface area contributed by atoms with E-state index in [9.17, 15) is 9.18 Å². The fourth-order valence-corrected chi connectivity index (χ4v) is 1.64. The summed E-state index contributed by atoms with van der Waals surface area (Å²) >= 11 is 0. The first kappa shape index (κ1) is 16.4. The van der Waals surface area contributed by atoms with Gasteiger partial charge in [0.25, 0.3) is 5.91 Å². The number of ether oxygens (including phenoxy) is 1. The molecule has 0 aliphatic heterocycles. The van der Waals surface area contributed by atoms with Gasteiger partial charge in [-0.15, -0.1) is 0 Å². The summed E-state index contributed by atoms with van der Waals surface area (Å²) in [4.78, 5) is 11.4. The Balaban J connectivity index is 2.45. The minimum Gasteiger partial charge on any atom is -0.481 e. The topological polar surface area (TPSA) is 50.4 Å². The predicted octanol–water partition coefficient (Wildman–Crippen LogP) is 2.23. The van der Waals surface area contributed by atoms with Crippen LogP contribution in [0.4, 0.5) is 4.39 Å². The molecule has 0 saturated heterocycles. The lowest BCUT2D eigenvalue weighted by Crippen LogP contribution is -2.29. The van der Waals surface area contributed by atoms with E-state index in [1.165, 1.54) is 6.07 Å². The van der Waals surface area contributed by atoms with Crippen molar-refractivity contribution in [2.75, 3.05) is 19.7 Å². The first-order valence-electron chi connectivity index (χ1n) is 7.06. The Kier molecular flexibility index (Phi) is 7.65. The van der Waals surface area contributed by atoms with E-state index >= 15 is 0 Å². The van der Waals surface area contributed by atoms with Crippen LogP contribution in [0.3, 0.4) is 0 Å². The van der Waals surface area contributed by atoms with Crippen LogP contribution in [0, 0.1) is 5.82 Å². The van der Waals surface area contributed by atoms with Gasteiger partial charge in [-0.1, -0.05) is 19.9 Å². The third-order valence-electron chi connectivity index (χ3n) is 2.68. The van der Waals surface area contributed by atoms with Crippen LogP contribution in [0.25, 0.3) is 0 Å². The zero-order valence-electron chi connectivity index (χ0n) is 12.2. The van der Waals surface area contributed by atoms with Crippen molar-refractivity contribution in [3.63, 3.8) is 0 Å². The average Bonchev–Trinajstić information content (AvgIpc) is 2.44. The van der Waals surface area contributed by atoms with E-state index in [0.29, 0.717) is 13.1 Å². The normalized spacial score (nSPS) is 10.3. The maximum absolute atomic E-state index is 13.8. The van der Waals surface area contributed by atoms with Gasteiger partial charge in [0.1, 0.15) is 0 Å². The molecule has 0 spiro atoms. The zero-order chi connectivity index (χ0) is 14.8. The quantitative estimate of drug-likeness (QED) is 0.683. The summed E-state index contributed by atoms with van der Waals surface area (Å²) in [5.41, 5.74) is 0.860. The van der Waals surface area contributed by atoms with E-state index in [4.69, 9.17) is 4.74 Å². The van der Waals surface area contributed by atoms with Gasteiger partial charge in [-0.3, -0.25) is 4.79 Å². The number of halogens is 1. The second kappa shape index (κ2) is 9.31. The van der Waals surface area contributed by atoms with Gasteiger partial charge >= 0.3 is 0 Å². The van der Waals surface area contributed by atoms with E-state index in [1.807, 2.05) is 6.92 Å². The molecule has 0 aliphatic rings. The number of nitrogens with one attached hydrogen (secondary N) is 2. The third-order valence-corrected chi connectivity index (χ3v) is 2.68. The van der Waals surface area contributed by atoms with Crippen molar-refractivity contribution in [1.29, 1.82) is 0 Å². The molecule has 1 aromatic carbocycles. The van der Waals surface area contributed by atoms with Crippen molar-refractivity contribution >= 4 is 5.91 Å². The lowest BCUT2D eigenvalue weighted by atomic mass is 10.2. The molecule has 0 saturated carbocycles. The predicted molar refractivity (Wildman–Crippen MR) is 77.2 cm³/mol. The van der Waals surface area contributed by atoms with Gasteiger partial charge < -0.3 is 15.4 Å². The van der Waals surface area contributed by atoms with E-state index in [0.717, 1.165) is 24.9 Å². The standard InChI is InChI=1S/C15H23FN2O2/c1-3-7-17-10-12-5-6-14(13(16)9-12)20-11-15(19)18-8-4-2/h5-6,9,17H,3-4,7-8,10-11H2,1-2H3,(H,18,19). The van der Waals surface area contributed by atoms with Gasteiger partial charge in [-0.2, -0.15) is 0 Å². The van der Waals surface area contributed by atoms with Crippen molar-refractivity contribution in [1.82, 2.24) is 10.6 Å². The molecule has 0 unspecified atom stereocenters. The fourth-order valence-electron chi connectivity index (χ4n) is 1.64. The highest BCUT2D eigenvalue weighted by atomic mass is 19.1. The van der Waals surface area contributed by atoms with E-state index in [1.54, 1.807) is 12.1 Å². The Morgan fingerprint density at radius 1 is 1.25 bits per heavy atom. The first-order valence-corrected chi connectivity index (χ1v) is 7.06. The minimum absolute atomic E-state index is 0.107. The molecule has 2 N–H and O–H groups in total. The van der Waals surface area contributed by atoms with Crippen LogP contribution in [0.5, 0.6) is 5.75 Å². The van der Waals surface area contributed by atoms with Crippen LogP contribution in [-0.4, -0.2) is 25.6 Å². The lowest BCUT2D eigenvalue weighted by Gasteiger charge is -2.09. The molecule has 0 bridgehead atoms. The number of amides is 1. The molecule has 0 atom stereocenters. The second-order valence-corrected chi connectivity index (χ2v) is 4.58. The van der Waals surface area contributed by atoms with Crippen LogP contribution in [0.1, 0.15) is 32.3 Å².